The number of nitrogens with zero attached hydrogens (tertiary/aromatic N) is 1. The summed E-state index contributed by atoms with van der Waals surface area (Å²) in [5, 5.41) is 0. The van der Waals surface area contributed by atoms with Gasteiger partial charge in [0.2, 0.25) is 10.0 Å². The van der Waals surface area contributed by atoms with Gasteiger partial charge in [0.1, 0.15) is 5.82 Å². The summed E-state index contributed by atoms with van der Waals surface area (Å²) in [6.45, 7) is 5.51. The molecule has 0 fully saturated rings. The number of hydrogen-bond donors (Lipinski definition) is 1. The smallest absolute Gasteiger partial charge is 0.296 e. The number of rotatable bonds is 5. The summed E-state index contributed by atoms with van der Waals surface area (Å²) in [5.41, 5.74) is 1.38. The van der Waals surface area contributed by atoms with E-state index in [0.29, 0.717) is 10.3 Å². The van der Waals surface area contributed by atoms with Crippen LogP contribution in [-0.2, 0) is 10.0 Å². The third kappa shape index (κ3) is 3.58. The fourth-order valence-electron chi connectivity index (χ4n) is 2.79. The molecule has 0 saturated heterocycles. The van der Waals surface area contributed by atoms with Crippen molar-refractivity contribution in [2.75, 3.05) is 0 Å². The van der Waals surface area contributed by atoms with Crippen LogP contribution in [0.1, 0.15) is 38.4 Å². The Balaban J connectivity index is 1.94. The molecule has 0 radical (unpaired) electrons. The normalized spacial score (nSPS) is 13.4. The molecule has 0 saturated carbocycles. The molecule has 138 valence electrons. The number of aromatic nitrogens is 1. The Labute approximate surface area is 155 Å². The molecule has 1 heterocycles. The van der Waals surface area contributed by atoms with Gasteiger partial charge in [0.15, 0.2) is 0 Å². The van der Waals surface area contributed by atoms with Crippen molar-refractivity contribution in [1.29, 1.82) is 0 Å². The minimum atomic E-state index is -3.78. The van der Waals surface area contributed by atoms with Gasteiger partial charge >= 0.3 is 4.87 Å². The van der Waals surface area contributed by atoms with E-state index < -0.39 is 16.1 Å². The summed E-state index contributed by atoms with van der Waals surface area (Å²) in [5.74, 6) is -0.376. The molecule has 0 unspecified atom stereocenters. The van der Waals surface area contributed by atoms with Crippen molar-refractivity contribution in [3.8, 4) is 0 Å². The summed E-state index contributed by atoms with van der Waals surface area (Å²) >= 11 is 1.03. The Bertz CT molecular complexity index is 1100. The quantitative estimate of drug-likeness (QED) is 0.715. The van der Waals surface area contributed by atoms with Gasteiger partial charge in [-0.3, -0.25) is 9.36 Å². The van der Waals surface area contributed by atoms with Crippen molar-refractivity contribution in [2.24, 2.45) is 0 Å². The van der Waals surface area contributed by atoms with Crippen molar-refractivity contribution < 1.29 is 12.8 Å². The first-order chi connectivity index (χ1) is 12.2. The predicted molar refractivity (Wildman–Crippen MR) is 102 cm³/mol. The number of thiazole rings is 1. The van der Waals surface area contributed by atoms with E-state index >= 15 is 0 Å². The number of sulfonamides is 1. The van der Waals surface area contributed by atoms with Crippen LogP contribution in [0, 0.1) is 5.82 Å². The van der Waals surface area contributed by atoms with Crippen LogP contribution in [0.5, 0.6) is 0 Å². The summed E-state index contributed by atoms with van der Waals surface area (Å²) in [6, 6.07) is 9.81. The van der Waals surface area contributed by atoms with Gasteiger partial charge in [0.25, 0.3) is 0 Å². The largest absolute Gasteiger partial charge is 0.308 e. The summed E-state index contributed by atoms with van der Waals surface area (Å²) < 4.78 is 43.3. The van der Waals surface area contributed by atoms with Gasteiger partial charge < -0.3 is 0 Å². The lowest BCUT2D eigenvalue weighted by molar-refractivity contribution is 0.566. The highest BCUT2D eigenvalue weighted by atomic mass is 32.2. The first-order valence-electron chi connectivity index (χ1n) is 8.12. The zero-order chi connectivity index (χ0) is 19.1. The van der Waals surface area contributed by atoms with E-state index in [4.69, 9.17) is 0 Å². The molecule has 5 nitrogen and oxygen atoms in total. The zero-order valence-corrected chi connectivity index (χ0v) is 16.2. The van der Waals surface area contributed by atoms with Gasteiger partial charge in [0, 0.05) is 12.1 Å². The molecule has 0 aliphatic heterocycles. The number of benzene rings is 2. The molecule has 0 aliphatic carbocycles. The Morgan fingerprint density at radius 3 is 2.35 bits per heavy atom. The van der Waals surface area contributed by atoms with Gasteiger partial charge in [-0.1, -0.05) is 23.5 Å². The van der Waals surface area contributed by atoms with Crippen molar-refractivity contribution in [2.45, 2.75) is 37.8 Å². The average Bonchev–Trinajstić information content (AvgIpc) is 2.89. The maximum atomic E-state index is 13.0. The topological polar surface area (TPSA) is 68.2 Å². The van der Waals surface area contributed by atoms with Crippen LogP contribution in [0.4, 0.5) is 4.39 Å². The Morgan fingerprint density at radius 1 is 1.08 bits per heavy atom. The van der Waals surface area contributed by atoms with Crippen LogP contribution >= 0.6 is 11.3 Å². The highest BCUT2D eigenvalue weighted by molar-refractivity contribution is 7.89. The maximum Gasteiger partial charge on any atom is 0.308 e. The molecule has 1 atom stereocenters. The predicted octanol–water partition coefficient (Wildman–Crippen LogP) is 3.82. The number of nitrogens with one attached hydrogen (secondary N) is 1. The SMILES string of the molecule is CC(C)n1c(=O)sc2cc(S(=O)(=O)N[C@@H](C)c3ccc(F)cc3)ccc21. The third-order valence-corrected chi connectivity index (χ3v) is 6.57. The van der Waals surface area contributed by atoms with E-state index in [9.17, 15) is 17.6 Å². The minimum absolute atomic E-state index is 0.00432. The van der Waals surface area contributed by atoms with E-state index in [2.05, 4.69) is 4.72 Å². The lowest BCUT2D eigenvalue weighted by Crippen LogP contribution is -2.26. The maximum absolute atomic E-state index is 13.0. The molecular formula is C18H19FN2O3S2. The lowest BCUT2D eigenvalue weighted by Gasteiger charge is -2.15. The van der Waals surface area contributed by atoms with E-state index in [0.717, 1.165) is 16.9 Å². The second-order valence-electron chi connectivity index (χ2n) is 6.36. The minimum Gasteiger partial charge on any atom is -0.296 e. The van der Waals surface area contributed by atoms with Gasteiger partial charge in [0.05, 0.1) is 15.1 Å². The van der Waals surface area contributed by atoms with Crippen LogP contribution in [0.15, 0.2) is 52.2 Å². The highest BCUT2D eigenvalue weighted by Gasteiger charge is 2.20. The number of hydrogen-bond acceptors (Lipinski definition) is 4. The van der Waals surface area contributed by atoms with E-state index in [1.807, 2.05) is 13.8 Å². The molecule has 2 aromatic carbocycles. The van der Waals surface area contributed by atoms with Gasteiger partial charge in [-0.2, -0.15) is 0 Å². The standard InChI is InChI=1S/C18H19FN2O3S2/c1-11(2)21-16-9-8-15(10-17(16)25-18(21)22)26(23,24)20-12(3)13-4-6-14(19)7-5-13/h4-12,20H,1-3H3/t12-/m0/s1. The Morgan fingerprint density at radius 2 is 1.73 bits per heavy atom. The second-order valence-corrected chi connectivity index (χ2v) is 9.06. The highest BCUT2D eigenvalue weighted by Crippen LogP contribution is 2.25. The first kappa shape index (κ1) is 18.8. The molecule has 0 spiro atoms. The monoisotopic (exact) mass is 394 g/mol. The molecule has 0 bridgehead atoms. The van der Waals surface area contributed by atoms with Gasteiger partial charge in [-0.05, 0) is 56.7 Å². The van der Waals surface area contributed by atoms with Crippen LogP contribution < -0.4 is 9.60 Å². The van der Waals surface area contributed by atoms with Crippen molar-refractivity contribution in [3.05, 3.63) is 63.5 Å². The molecule has 26 heavy (non-hydrogen) atoms. The van der Waals surface area contributed by atoms with E-state index in [1.54, 1.807) is 29.7 Å². The molecule has 0 amide bonds. The van der Waals surface area contributed by atoms with Crippen LogP contribution in [-0.4, -0.2) is 13.0 Å². The molecule has 3 rings (SSSR count). The number of halogens is 1. The molecule has 8 heteroatoms. The van der Waals surface area contributed by atoms with Crippen molar-refractivity contribution in [1.82, 2.24) is 9.29 Å². The Hall–Kier alpha value is -2.03. The summed E-state index contributed by atoms with van der Waals surface area (Å²) in [7, 11) is -3.78. The summed E-state index contributed by atoms with van der Waals surface area (Å²) in [4.78, 5) is 12.1. The third-order valence-electron chi connectivity index (χ3n) is 4.11. The fourth-order valence-corrected chi connectivity index (χ4v) is 5.18. The summed E-state index contributed by atoms with van der Waals surface area (Å²) in [6.07, 6.45) is 0. The van der Waals surface area contributed by atoms with Crippen molar-refractivity contribution in [3.63, 3.8) is 0 Å². The lowest BCUT2D eigenvalue weighted by atomic mass is 10.1. The first-order valence-corrected chi connectivity index (χ1v) is 10.4. The fraction of sp³-hybridized carbons (Fsp3) is 0.278. The second kappa shape index (κ2) is 6.94. The molecule has 0 aliphatic rings. The zero-order valence-electron chi connectivity index (χ0n) is 14.6. The molecule has 1 aromatic heterocycles. The molecule has 3 aromatic rings. The van der Waals surface area contributed by atoms with Gasteiger partial charge in [-0.25, -0.2) is 17.5 Å². The number of fused-ring (bicyclic) bond motifs is 1. The van der Waals surface area contributed by atoms with Gasteiger partial charge in [-0.15, -0.1) is 0 Å². The van der Waals surface area contributed by atoms with Crippen molar-refractivity contribution >= 4 is 31.6 Å². The van der Waals surface area contributed by atoms with E-state index in [1.165, 1.54) is 24.3 Å². The molecular weight excluding hydrogens is 375 g/mol. The average molecular weight is 394 g/mol. The van der Waals surface area contributed by atoms with Crippen LogP contribution in [0.25, 0.3) is 10.2 Å². The Kier molecular flexibility index (Phi) is 5.01. The van der Waals surface area contributed by atoms with Crippen LogP contribution in [0.2, 0.25) is 0 Å². The van der Waals surface area contributed by atoms with E-state index in [-0.39, 0.29) is 21.6 Å². The van der Waals surface area contributed by atoms with Crippen LogP contribution in [0.3, 0.4) is 0 Å². The molecule has 1 N–H and O–H groups in total.